The second-order valence-corrected chi connectivity index (χ2v) is 5.02. The Bertz CT molecular complexity index is 270. The van der Waals surface area contributed by atoms with E-state index in [2.05, 4.69) is 32.9 Å². The summed E-state index contributed by atoms with van der Waals surface area (Å²) in [6.07, 6.45) is 10.5. The Hall–Kier alpha value is -0.520. The van der Waals surface area contributed by atoms with E-state index in [4.69, 9.17) is 0 Å². The van der Waals surface area contributed by atoms with Crippen molar-refractivity contribution < 1.29 is 0 Å². The summed E-state index contributed by atoms with van der Waals surface area (Å²) in [6.45, 7) is 6.96. The largest absolute Gasteiger partial charge is 0.0807 e. The van der Waals surface area contributed by atoms with E-state index < -0.39 is 0 Å². The predicted molar refractivity (Wildman–Crippen MR) is 62.1 cm³/mol. The predicted octanol–water partition coefficient (Wildman–Crippen LogP) is 4.34. The van der Waals surface area contributed by atoms with Crippen LogP contribution in [0.2, 0.25) is 0 Å². The zero-order valence-corrected chi connectivity index (χ0v) is 9.72. The first-order valence-corrected chi connectivity index (χ1v) is 6.09. The molecular formula is C14H22. The Morgan fingerprint density at radius 1 is 1.21 bits per heavy atom. The SMILES string of the molecule is CCCCC1CC2C=CC1C(C)=C2C. The summed E-state index contributed by atoms with van der Waals surface area (Å²) in [4.78, 5) is 0. The van der Waals surface area contributed by atoms with Crippen LogP contribution in [0.5, 0.6) is 0 Å². The molecule has 3 unspecified atom stereocenters. The molecule has 0 amide bonds. The van der Waals surface area contributed by atoms with E-state index in [0.717, 1.165) is 17.8 Å². The van der Waals surface area contributed by atoms with Gasteiger partial charge in [0.15, 0.2) is 0 Å². The molecule has 14 heavy (non-hydrogen) atoms. The number of rotatable bonds is 3. The third-order valence-corrected chi connectivity index (χ3v) is 4.22. The zero-order chi connectivity index (χ0) is 10.1. The van der Waals surface area contributed by atoms with Crippen molar-refractivity contribution in [1.82, 2.24) is 0 Å². The number of unbranched alkanes of at least 4 members (excludes halogenated alkanes) is 1. The van der Waals surface area contributed by atoms with E-state index in [1.807, 2.05) is 0 Å². The van der Waals surface area contributed by atoms with E-state index in [0.29, 0.717) is 0 Å². The van der Waals surface area contributed by atoms with Crippen molar-refractivity contribution in [2.45, 2.75) is 46.5 Å². The lowest BCUT2D eigenvalue weighted by Gasteiger charge is -2.40. The molecule has 78 valence electrons. The first-order valence-electron chi connectivity index (χ1n) is 6.09. The van der Waals surface area contributed by atoms with Crippen LogP contribution in [0.4, 0.5) is 0 Å². The van der Waals surface area contributed by atoms with Crippen LogP contribution in [0.15, 0.2) is 23.3 Å². The molecule has 0 aromatic carbocycles. The molecule has 0 aromatic heterocycles. The topological polar surface area (TPSA) is 0 Å². The molecule has 3 aliphatic carbocycles. The number of hydrogen-bond acceptors (Lipinski definition) is 0. The second kappa shape index (κ2) is 3.92. The van der Waals surface area contributed by atoms with Crippen molar-refractivity contribution in [3.63, 3.8) is 0 Å². The van der Waals surface area contributed by atoms with Crippen molar-refractivity contribution in [3.8, 4) is 0 Å². The van der Waals surface area contributed by atoms with Gasteiger partial charge in [0.25, 0.3) is 0 Å². The Morgan fingerprint density at radius 3 is 2.64 bits per heavy atom. The Balaban J connectivity index is 2.09. The van der Waals surface area contributed by atoms with E-state index in [1.165, 1.54) is 25.7 Å². The molecule has 0 aromatic rings. The first-order chi connectivity index (χ1) is 6.74. The van der Waals surface area contributed by atoms with E-state index in [-0.39, 0.29) is 0 Å². The van der Waals surface area contributed by atoms with Crippen LogP contribution in [0.25, 0.3) is 0 Å². The molecule has 0 saturated carbocycles. The van der Waals surface area contributed by atoms with Gasteiger partial charge in [-0.05, 0) is 38.5 Å². The number of hydrogen-bond donors (Lipinski definition) is 0. The van der Waals surface area contributed by atoms with Gasteiger partial charge in [-0.25, -0.2) is 0 Å². The Labute approximate surface area is 88.1 Å². The summed E-state index contributed by atoms with van der Waals surface area (Å²) >= 11 is 0. The summed E-state index contributed by atoms with van der Waals surface area (Å²) in [5.74, 6) is 2.52. The maximum atomic E-state index is 2.47. The Morgan fingerprint density at radius 2 is 2.00 bits per heavy atom. The number of fused-ring (bicyclic) bond motifs is 1. The summed E-state index contributed by atoms with van der Waals surface area (Å²) in [7, 11) is 0. The maximum Gasteiger partial charge on any atom is 0.000558 e. The minimum atomic E-state index is 0.779. The van der Waals surface area contributed by atoms with Crippen molar-refractivity contribution in [1.29, 1.82) is 0 Å². The van der Waals surface area contributed by atoms with Crippen LogP contribution >= 0.6 is 0 Å². The van der Waals surface area contributed by atoms with Crippen LogP contribution in [0.1, 0.15) is 46.5 Å². The van der Waals surface area contributed by atoms with Crippen LogP contribution in [-0.4, -0.2) is 0 Å². The highest BCUT2D eigenvalue weighted by Crippen LogP contribution is 2.45. The molecule has 0 N–H and O–H groups in total. The highest BCUT2D eigenvalue weighted by Gasteiger charge is 2.33. The second-order valence-electron chi connectivity index (χ2n) is 5.02. The van der Waals surface area contributed by atoms with Crippen molar-refractivity contribution in [2.24, 2.45) is 17.8 Å². The lowest BCUT2D eigenvalue weighted by Crippen LogP contribution is -2.28. The molecule has 3 atom stereocenters. The highest BCUT2D eigenvalue weighted by atomic mass is 14.4. The van der Waals surface area contributed by atoms with Gasteiger partial charge in [-0.3, -0.25) is 0 Å². The minimum absolute atomic E-state index is 0.779. The van der Waals surface area contributed by atoms with Gasteiger partial charge >= 0.3 is 0 Å². The molecule has 3 aliphatic rings. The minimum Gasteiger partial charge on any atom is -0.0807 e. The van der Waals surface area contributed by atoms with Crippen molar-refractivity contribution >= 4 is 0 Å². The van der Waals surface area contributed by atoms with Crippen LogP contribution in [0.3, 0.4) is 0 Å². The molecule has 0 aliphatic heterocycles. The van der Waals surface area contributed by atoms with Gasteiger partial charge in [0.1, 0.15) is 0 Å². The van der Waals surface area contributed by atoms with Crippen molar-refractivity contribution in [2.75, 3.05) is 0 Å². The van der Waals surface area contributed by atoms with Gasteiger partial charge in [-0.2, -0.15) is 0 Å². The van der Waals surface area contributed by atoms with Gasteiger partial charge in [0.05, 0.1) is 0 Å². The van der Waals surface area contributed by atoms with E-state index in [9.17, 15) is 0 Å². The average Bonchev–Trinajstić information content (AvgIpc) is 2.22. The van der Waals surface area contributed by atoms with E-state index >= 15 is 0 Å². The first kappa shape index (κ1) is 10.0. The quantitative estimate of drug-likeness (QED) is 0.581. The molecule has 0 nitrogen and oxygen atoms in total. The average molecular weight is 190 g/mol. The third kappa shape index (κ3) is 1.55. The van der Waals surface area contributed by atoms with Crippen LogP contribution in [0, 0.1) is 17.8 Å². The van der Waals surface area contributed by atoms with Crippen LogP contribution < -0.4 is 0 Å². The molecular weight excluding hydrogens is 168 g/mol. The summed E-state index contributed by atoms with van der Waals surface area (Å²) in [6, 6.07) is 0. The molecule has 0 fully saturated rings. The fraction of sp³-hybridized carbons (Fsp3) is 0.714. The third-order valence-electron chi connectivity index (χ3n) is 4.22. The zero-order valence-electron chi connectivity index (χ0n) is 9.72. The highest BCUT2D eigenvalue weighted by molar-refractivity contribution is 5.32. The monoisotopic (exact) mass is 190 g/mol. The fourth-order valence-electron chi connectivity index (χ4n) is 3.10. The summed E-state index contributed by atoms with van der Waals surface area (Å²) < 4.78 is 0. The normalized spacial score (nSPS) is 35.5. The lowest BCUT2D eigenvalue weighted by atomic mass is 9.65. The molecule has 0 radical (unpaired) electrons. The van der Waals surface area contributed by atoms with Gasteiger partial charge in [-0.1, -0.05) is 43.1 Å². The Kier molecular flexibility index (Phi) is 2.80. The molecule has 0 heteroatoms. The van der Waals surface area contributed by atoms with Crippen LogP contribution in [-0.2, 0) is 0 Å². The number of allylic oxidation sites excluding steroid dienone is 4. The lowest BCUT2D eigenvalue weighted by molar-refractivity contribution is 0.300. The van der Waals surface area contributed by atoms with Gasteiger partial charge in [0.2, 0.25) is 0 Å². The molecule has 0 heterocycles. The van der Waals surface area contributed by atoms with E-state index in [1.54, 1.807) is 11.1 Å². The molecule has 0 spiro atoms. The summed E-state index contributed by atoms with van der Waals surface area (Å²) in [5, 5.41) is 0. The van der Waals surface area contributed by atoms with Gasteiger partial charge in [-0.15, -0.1) is 0 Å². The smallest absolute Gasteiger partial charge is 0.000558 e. The van der Waals surface area contributed by atoms with Gasteiger partial charge in [0, 0.05) is 5.92 Å². The fourth-order valence-corrected chi connectivity index (χ4v) is 3.10. The standard InChI is InChI=1S/C14H22/c1-4-5-6-13-9-12-7-8-14(13)11(3)10(12)2/h7-8,12-14H,4-6,9H2,1-3H3. The van der Waals surface area contributed by atoms with Crippen molar-refractivity contribution in [3.05, 3.63) is 23.3 Å². The summed E-state index contributed by atoms with van der Waals surface area (Å²) in [5.41, 5.74) is 3.33. The maximum absolute atomic E-state index is 2.47. The van der Waals surface area contributed by atoms with Gasteiger partial charge < -0.3 is 0 Å². The molecule has 3 rings (SSSR count). The molecule has 2 bridgehead atoms. The molecule has 0 saturated heterocycles.